The smallest absolute Gasteiger partial charge is 0.237 e. The van der Waals surface area contributed by atoms with E-state index in [-0.39, 0.29) is 18.4 Å². The highest BCUT2D eigenvalue weighted by Crippen LogP contribution is 2.28. The van der Waals surface area contributed by atoms with Crippen molar-refractivity contribution in [2.45, 2.75) is 51.6 Å². The standard InChI is InChI=1S/C12H23N3O2/c1-7-3-4-10(8(2)5-7)15-12(17)9(13)6-11(14)16/h7-10H,3-6,13H2,1-2H3,(H2,14,16)(H,15,17). The summed E-state index contributed by atoms with van der Waals surface area (Å²) in [7, 11) is 0. The van der Waals surface area contributed by atoms with Crippen LogP contribution in [0.3, 0.4) is 0 Å². The van der Waals surface area contributed by atoms with E-state index in [0.717, 1.165) is 25.2 Å². The third kappa shape index (κ3) is 4.34. The molecule has 5 N–H and O–H groups in total. The third-order valence-electron chi connectivity index (χ3n) is 3.52. The molecule has 1 aliphatic rings. The summed E-state index contributed by atoms with van der Waals surface area (Å²) in [6.07, 6.45) is 3.14. The second-order valence-corrected chi connectivity index (χ2v) is 5.29. The Kier molecular flexibility index (Phi) is 4.93. The molecular formula is C12H23N3O2. The van der Waals surface area contributed by atoms with E-state index < -0.39 is 11.9 Å². The van der Waals surface area contributed by atoms with Gasteiger partial charge in [0.15, 0.2) is 0 Å². The Labute approximate surface area is 102 Å². The lowest BCUT2D eigenvalue weighted by molar-refractivity contribution is -0.127. The highest BCUT2D eigenvalue weighted by atomic mass is 16.2. The van der Waals surface area contributed by atoms with Gasteiger partial charge in [0.25, 0.3) is 0 Å². The molecule has 0 aliphatic heterocycles. The van der Waals surface area contributed by atoms with Gasteiger partial charge in [0, 0.05) is 6.04 Å². The lowest BCUT2D eigenvalue weighted by atomic mass is 9.80. The van der Waals surface area contributed by atoms with Crippen LogP contribution in [-0.2, 0) is 9.59 Å². The normalized spacial score (nSPS) is 30.6. The maximum atomic E-state index is 11.7. The molecule has 17 heavy (non-hydrogen) atoms. The van der Waals surface area contributed by atoms with Gasteiger partial charge in [0.05, 0.1) is 12.5 Å². The minimum atomic E-state index is -0.820. The van der Waals surface area contributed by atoms with Gasteiger partial charge in [-0.2, -0.15) is 0 Å². The molecule has 1 rings (SSSR count). The van der Waals surface area contributed by atoms with Crippen molar-refractivity contribution in [3.63, 3.8) is 0 Å². The lowest BCUT2D eigenvalue weighted by Crippen LogP contribution is -2.50. The summed E-state index contributed by atoms with van der Waals surface area (Å²) in [6.45, 7) is 4.37. The van der Waals surface area contributed by atoms with E-state index in [1.54, 1.807) is 0 Å². The summed E-state index contributed by atoms with van der Waals surface area (Å²) >= 11 is 0. The largest absolute Gasteiger partial charge is 0.370 e. The highest BCUT2D eigenvalue weighted by Gasteiger charge is 2.28. The van der Waals surface area contributed by atoms with Gasteiger partial charge in [-0.3, -0.25) is 9.59 Å². The molecule has 5 heteroatoms. The number of nitrogens with two attached hydrogens (primary N) is 2. The van der Waals surface area contributed by atoms with E-state index in [1.807, 2.05) is 0 Å². The molecule has 0 radical (unpaired) electrons. The maximum Gasteiger partial charge on any atom is 0.237 e. The first-order valence-electron chi connectivity index (χ1n) is 6.24. The molecule has 1 fully saturated rings. The second kappa shape index (κ2) is 6.00. The molecule has 5 nitrogen and oxygen atoms in total. The van der Waals surface area contributed by atoms with Crippen LogP contribution in [-0.4, -0.2) is 23.9 Å². The Morgan fingerprint density at radius 1 is 1.35 bits per heavy atom. The van der Waals surface area contributed by atoms with Crippen LogP contribution in [0, 0.1) is 11.8 Å². The predicted molar refractivity (Wildman–Crippen MR) is 65.9 cm³/mol. The van der Waals surface area contributed by atoms with Crippen LogP contribution < -0.4 is 16.8 Å². The molecule has 1 saturated carbocycles. The van der Waals surface area contributed by atoms with E-state index in [2.05, 4.69) is 19.2 Å². The summed E-state index contributed by atoms with van der Waals surface area (Å²) in [5.41, 5.74) is 10.6. The number of carbonyl (C=O) groups excluding carboxylic acids is 2. The van der Waals surface area contributed by atoms with Crippen LogP contribution in [0.15, 0.2) is 0 Å². The Morgan fingerprint density at radius 3 is 2.53 bits per heavy atom. The molecule has 0 saturated heterocycles. The van der Waals surface area contributed by atoms with Gasteiger partial charge in [-0.25, -0.2) is 0 Å². The Balaban J connectivity index is 2.42. The quantitative estimate of drug-likeness (QED) is 0.652. The molecule has 4 atom stereocenters. The molecule has 0 aromatic heterocycles. The van der Waals surface area contributed by atoms with Crippen molar-refractivity contribution in [1.82, 2.24) is 5.32 Å². The van der Waals surface area contributed by atoms with Crippen LogP contribution in [0.2, 0.25) is 0 Å². The van der Waals surface area contributed by atoms with Crippen molar-refractivity contribution >= 4 is 11.8 Å². The van der Waals surface area contributed by atoms with Gasteiger partial charge in [-0.05, 0) is 31.1 Å². The number of nitrogens with one attached hydrogen (secondary N) is 1. The zero-order chi connectivity index (χ0) is 13.0. The maximum absolute atomic E-state index is 11.7. The number of primary amides is 1. The third-order valence-corrected chi connectivity index (χ3v) is 3.52. The van der Waals surface area contributed by atoms with E-state index in [1.165, 1.54) is 0 Å². The van der Waals surface area contributed by atoms with Crippen molar-refractivity contribution in [2.24, 2.45) is 23.3 Å². The molecule has 0 bridgehead atoms. The van der Waals surface area contributed by atoms with Crippen molar-refractivity contribution in [3.05, 3.63) is 0 Å². The van der Waals surface area contributed by atoms with E-state index in [4.69, 9.17) is 11.5 Å². The van der Waals surface area contributed by atoms with E-state index in [9.17, 15) is 9.59 Å². The van der Waals surface area contributed by atoms with Crippen molar-refractivity contribution < 1.29 is 9.59 Å². The first-order valence-corrected chi connectivity index (χ1v) is 6.24. The lowest BCUT2D eigenvalue weighted by Gasteiger charge is -2.33. The number of hydrogen-bond acceptors (Lipinski definition) is 3. The molecule has 98 valence electrons. The summed E-state index contributed by atoms with van der Waals surface area (Å²) in [6, 6.07) is -0.642. The van der Waals surface area contributed by atoms with Gasteiger partial charge in [0.2, 0.25) is 11.8 Å². The summed E-state index contributed by atoms with van der Waals surface area (Å²) in [5, 5.41) is 2.92. The Morgan fingerprint density at radius 2 is 2.00 bits per heavy atom. The molecule has 0 aromatic rings. The first-order chi connectivity index (χ1) is 7.90. The van der Waals surface area contributed by atoms with Crippen LogP contribution in [0.5, 0.6) is 0 Å². The SMILES string of the molecule is CC1CCC(NC(=O)C(N)CC(N)=O)C(C)C1. The van der Waals surface area contributed by atoms with Crippen LogP contribution in [0.1, 0.15) is 39.5 Å². The van der Waals surface area contributed by atoms with Crippen LogP contribution in [0.25, 0.3) is 0 Å². The Bertz CT molecular complexity index is 293. The zero-order valence-corrected chi connectivity index (χ0v) is 10.6. The van der Waals surface area contributed by atoms with E-state index >= 15 is 0 Å². The van der Waals surface area contributed by atoms with E-state index in [0.29, 0.717) is 5.92 Å². The summed E-state index contributed by atoms with van der Waals surface area (Å²) in [4.78, 5) is 22.4. The fraction of sp³-hybridized carbons (Fsp3) is 0.833. The van der Waals surface area contributed by atoms with Gasteiger partial charge in [0.1, 0.15) is 0 Å². The highest BCUT2D eigenvalue weighted by molar-refractivity contribution is 5.87. The zero-order valence-electron chi connectivity index (χ0n) is 10.6. The topological polar surface area (TPSA) is 98.2 Å². The van der Waals surface area contributed by atoms with Gasteiger partial charge >= 0.3 is 0 Å². The van der Waals surface area contributed by atoms with Crippen molar-refractivity contribution in [3.8, 4) is 0 Å². The minimum absolute atomic E-state index is 0.0939. The molecule has 0 spiro atoms. The molecule has 1 aliphatic carbocycles. The fourth-order valence-electron chi connectivity index (χ4n) is 2.48. The molecule has 0 heterocycles. The predicted octanol–water partition coefficient (Wildman–Crippen LogP) is 0.130. The summed E-state index contributed by atoms with van der Waals surface area (Å²) in [5.74, 6) is 0.370. The average molecular weight is 241 g/mol. The van der Waals surface area contributed by atoms with Gasteiger partial charge in [-0.1, -0.05) is 13.8 Å². The average Bonchev–Trinajstić information content (AvgIpc) is 2.21. The monoisotopic (exact) mass is 241 g/mol. The molecule has 0 aromatic carbocycles. The van der Waals surface area contributed by atoms with Crippen LogP contribution in [0.4, 0.5) is 0 Å². The van der Waals surface area contributed by atoms with Crippen LogP contribution >= 0.6 is 0 Å². The fourth-order valence-corrected chi connectivity index (χ4v) is 2.48. The second-order valence-electron chi connectivity index (χ2n) is 5.29. The number of rotatable bonds is 4. The minimum Gasteiger partial charge on any atom is -0.370 e. The molecular weight excluding hydrogens is 218 g/mol. The van der Waals surface area contributed by atoms with Crippen molar-refractivity contribution in [2.75, 3.05) is 0 Å². The molecule has 4 unspecified atom stereocenters. The van der Waals surface area contributed by atoms with Gasteiger partial charge < -0.3 is 16.8 Å². The number of carbonyl (C=O) groups is 2. The van der Waals surface area contributed by atoms with Gasteiger partial charge in [-0.15, -0.1) is 0 Å². The number of amides is 2. The molecule has 2 amide bonds. The summed E-state index contributed by atoms with van der Waals surface area (Å²) < 4.78 is 0. The first kappa shape index (κ1) is 14.0. The van der Waals surface area contributed by atoms with Crippen molar-refractivity contribution in [1.29, 1.82) is 0 Å². The Hall–Kier alpha value is -1.10. The number of hydrogen-bond donors (Lipinski definition) is 3.